The van der Waals surface area contributed by atoms with Gasteiger partial charge in [-0.25, -0.2) is 0 Å². The number of rotatable bonds is 4. The van der Waals surface area contributed by atoms with Crippen LogP contribution in [0.1, 0.15) is 29.8 Å². The molecule has 1 atom stereocenters. The van der Waals surface area contributed by atoms with Gasteiger partial charge in [0.2, 0.25) is 11.7 Å². The van der Waals surface area contributed by atoms with Gasteiger partial charge in [0, 0.05) is 7.05 Å². The fourth-order valence-corrected chi connectivity index (χ4v) is 2.34. The number of hydrogen-bond acceptors (Lipinski definition) is 4. The molecule has 0 aliphatic carbocycles. The highest BCUT2D eigenvalue weighted by molar-refractivity contribution is 5.95. The number of piperidine rings is 1. The Bertz CT molecular complexity index is 414. The van der Waals surface area contributed by atoms with Gasteiger partial charge in [-0.3, -0.25) is 14.5 Å². The van der Waals surface area contributed by atoms with Crippen LogP contribution in [-0.4, -0.2) is 42.8 Å². The van der Waals surface area contributed by atoms with Crippen LogP contribution in [0.5, 0.6) is 0 Å². The van der Waals surface area contributed by atoms with Crippen molar-refractivity contribution >= 4 is 11.7 Å². The summed E-state index contributed by atoms with van der Waals surface area (Å²) < 4.78 is 5.08. The Balaban J connectivity index is 2.01. The number of Topliss-reactive ketones (excluding diaryl/α,β-unsaturated/α-hetero) is 1. The molecule has 5 nitrogen and oxygen atoms in total. The van der Waals surface area contributed by atoms with Crippen molar-refractivity contribution in [3.8, 4) is 0 Å². The Kier molecular flexibility index (Phi) is 4.15. The number of hydrogen-bond donors (Lipinski definition) is 1. The smallest absolute Gasteiger partial charge is 0.237 e. The number of nitrogens with one attached hydrogen (secondary N) is 1. The van der Waals surface area contributed by atoms with Crippen molar-refractivity contribution in [1.29, 1.82) is 0 Å². The molecule has 0 aromatic carbocycles. The van der Waals surface area contributed by atoms with E-state index in [0.29, 0.717) is 5.76 Å². The van der Waals surface area contributed by atoms with Crippen molar-refractivity contribution in [2.75, 3.05) is 20.1 Å². The number of likely N-dealkylation sites (N-methyl/N-ethyl adjacent to an activating group) is 1. The van der Waals surface area contributed by atoms with Gasteiger partial charge in [0.25, 0.3) is 0 Å². The van der Waals surface area contributed by atoms with E-state index in [1.54, 1.807) is 19.2 Å². The molecule has 2 rings (SSSR count). The second kappa shape index (κ2) is 5.82. The molecule has 0 saturated carbocycles. The minimum Gasteiger partial charge on any atom is -0.461 e. The molecule has 1 aromatic rings. The van der Waals surface area contributed by atoms with Crippen LogP contribution in [0.4, 0.5) is 0 Å². The van der Waals surface area contributed by atoms with Crippen LogP contribution in [0.3, 0.4) is 0 Å². The fourth-order valence-electron chi connectivity index (χ4n) is 2.34. The molecule has 1 aliphatic heterocycles. The monoisotopic (exact) mass is 250 g/mol. The summed E-state index contributed by atoms with van der Waals surface area (Å²) in [6.45, 7) is 1.02. The maximum Gasteiger partial charge on any atom is 0.237 e. The van der Waals surface area contributed by atoms with Crippen LogP contribution in [0, 0.1) is 0 Å². The quantitative estimate of drug-likeness (QED) is 0.812. The van der Waals surface area contributed by atoms with Crippen molar-refractivity contribution in [3.05, 3.63) is 24.2 Å². The lowest BCUT2D eigenvalue weighted by Gasteiger charge is -2.33. The zero-order chi connectivity index (χ0) is 13.0. The number of carbonyl (C=O) groups excluding carboxylic acids is 2. The lowest BCUT2D eigenvalue weighted by atomic mass is 10.0. The molecule has 18 heavy (non-hydrogen) atoms. The fraction of sp³-hybridized carbons (Fsp3) is 0.538. The van der Waals surface area contributed by atoms with E-state index >= 15 is 0 Å². The number of likely N-dealkylation sites (tertiary alicyclic amines) is 1. The van der Waals surface area contributed by atoms with Gasteiger partial charge in [0.15, 0.2) is 5.76 Å². The van der Waals surface area contributed by atoms with E-state index < -0.39 is 0 Å². The lowest BCUT2D eigenvalue weighted by Crippen LogP contribution is -2.50. The minimum atomic E-state index is -0.192. The third-order valence-corrected chi connectivity index (χ3v) is 3.31. The molecule has 0 spiro atoms. The van der Waals surface area contributed by atoms with Crippen molar-refractivity contribution in [2.24, 2.45) is 0 Å². The molecular weight excluding hydrogens is 232 g/mol. The Morgan fingerprint density at radius 2 is 2.33 bits per heavy atom. The molecule has 1 aromatic heterocycles. The summed E-state index contributed by atoms with van der Waals surface area (Å²) in [5.41, 5.74) is 0. The number of amides is 1. The summed E-state index contributed by atoms with van der Waals surface area (Å²) in [6, 6.07) is 3.16. The lowest BCUT2D eigenvalue weighted by molar-refractivity contribution is -0.126. The van der Waals surface area contributed by atoms with Crippen LogP contribution in [0.25, 0.3) is 0 Å². The largest absolute Gasteiger partial charge is 0.461 e. The minimum absolute atomic E-state index is 0.0121. The molecule has 2 heterocycles. The molecule has 0 radical (unpaired) electrons. The summed E-state index contributed by atoms with van der Waals surface area (Å²) in [7, 11) is 1.63. The van der Waals surface area contributed by atoms with E-state index in [1.807, 2.05) is 4.90 Å². The highest BCUT2D eigenvalue weighted by Crippen LogP contribution is 2.17. The average molecular weight is 250 g/mol. The third-order valence-electron chi connectivity index (χ3n) is 3.31. The Labute approximate surface area is 106 Å². The summed E-state index contributed by atoms with van der Waals surface area (Å²) in [5, 5.41) is 2.66. The molecule has 5 heteroatoms. The summed E-state index contributed by atoms with van der Waals surface area (Å²) in [5.74, 6) is 0.272. The van der Waals surface area contributed by atoms with Crippen LogP contribution in [-0.2, 0) is 4.79 Å². The highest BCUT2D eigenvalue weighted by Gasteiger charge is 2.29. The van der Waals surface area contributed by atoms with Crippen molar-refractivity contribution in [1.82, 2.24) is 10.2 Å². The summed E-state index contributed by atoms with van der Waals surface area (Å²) in [4.78, 5) is 25.7. The van der Waals surface area contributed by atoms with Gasteiger partial charge in [-0.2, -0.15) is 0 Å². The second-order valence-electron chi connectivity index (χ2n) is 4.50. The zero-order valence-electron chi connectivity index (χ0n) is 10.5. The van der Waals surface area contributed by atoms with Crippen molar-refractivity contribution in [2.45, 2.75) is 25.3 Å². The van der Waals surface area contributed by atoms with E-state index in [9.17, 15) is 9.59 Å². The van der Waals surface area contributed by atoms with E-state index in [0.717, 1.165) is 25.8 Å². The standard InChI is InChI=1S/C13H18N2O3/c1-14-13(17)10-5-2-3-7-15(10)9-11(16)12-6-4-8-18-12/h4,6,8,10H,2-3,5,7,9H2,1H3,(H,14,17). The van der Waals surface area contributed by atoms with Crippen LogP contribution >= 0.6 is 0 Å². The maximum absolute atomic E-state index is 12.0. The maximum atomic E-state index is 12.0. The van der Waals surface area contributed by atoms with Gasteiger partial charge in [0.05, 0.1) is 18.8 Å². The first kappa shape index (κ1) is 12.8. The van der Waals surface area contributed by atoms with Crippen LogP contribution in [0.15, 0.2) is 22.8 Å². The molecule has 0 bridgehead atoms. The topological polar surface area (TPSA) is 62.6 Å². The Hall–Kier alpha value is -1.62. The molecule has 1 fully saturated rings. The predicted molar refractivity (Wildman–Crippen MR) is 66.3 cm³/mol. The molecule has 1 aliphatic rings. The molecular formula is C13H18N2O3. The van der Waals surface area contributed by atoms with Crippen molar-refractivity contribution in [3.63, 3.8) is 0 Å². The first-order chi connectivity index (χ1) is 8.72. The van der Waals surface area contributed by atoms with E-state index in [4.69, 9.17) is 4.42 Å². The van der Waals surface area contributed by atoms with E-state index in [1.165, 1.54) is 6.26 Å². The number of furan rings is 1. The summed E-state index contributed by atoms with van der Waals surface area (Å²) in [6.07, 6.45) is 4.35. The zero-order valence-corrected chi connectivity index (χ0v) is 10.5. The normalized spacial score (nSPS) is 20.6. The van der Waals surface area contributed by atoms with Gasteiger partial charge in [0.1, 0.15) is 0 Å². The van der Waals surface area contributed by atoms with Gasteiger partial charge in [-0.15, -0.1) is 0 Å². The Morgan fingerprint density at radius 3 is 3.00 bits per heavy atom. The predicted octanol–water partition coefficient (Wildman–Crippen LogP) is 1.06. The van der Waals surface area contributed by atoms with Gasteiger partial charge in [-0.1, -0.05) is 6.42 Å². The number of carbonyl (C=O) groups is 2. The number of ketones is 1. The van der Waals surface area contributed by atoms with Gasteiger partial charge >= 0.3 is 0 Å². The molecule has 1 unspecified atom stereocenters. The molecule has 1 saturated heterocycles. The number of nitrogens with zero attached hydrogens (tertiary/aromatic N) is 1. The third kappa shape index (κ3) is 2.79. The van der Waals surface area contributed by atoms with Crippen LogP contribution < -0.4 is 5.32 Å². The van der Waals surface area contributed by atoms with Crippen molar-refractivity contribution < 1.29 is 14.0 Å². The first-order valence-electron chi connectivity index (χ1n) is 6.24. The highest BCUT2D eigenvalue weighted by atomic mass is 16.3. The van der Waals surface area contributed by atoms with Gasteiger partial charge < -0.3 is 9.73 Å². The van der Waals surface area contributed by atoms with E-state index in [2.05, 4.69) is 5.32 Å². The SMILES string of the molecule is CNC(=O)C1CCCCN1CC(=O)c1ccco1. The summed E-state index contributed by atoms with van der Waals surface area (Å²) >= 11 is 0. The van der Waals surface area contributed by atoms with Crippen LogP contribution in [0.2, 0.25) is 0 Å². The van der Waals surface area contributed by atoms with E-state index in [-0.39, 0.29) is 24.3 Å². The Morgan fingerprint density at radius 1 is 1.50 bits per heavy atom. The average Bonchev–Trinajstić information content (AvgIpc) is 2.92. The molecule has 1 amide bonds. The second-order valence-corrected chi connectivity index (χ2v) is 4.50. The molecule has 98 valence electrons. The molecule has 1 N–H and O–H groups in total. The van der Waals surface area contributed by atoms with Gasteiger partial charge in [-0.05, 0) is 31.5 Å². The first-order valence-corrected chi connectivity index (χ1v) is 6.24.